The fraction of sp³-hybridized carbons (Fsp3) is 0.231. The molecule has 1 unspecified atom stereocenters. The van der Waals surface area contributed by atoms with Crippen molar-refractivity contribution < 1.29 is 4.74 Å². The zero-order valence-corrected chi connectivity index (χ0v) is 10.1. The van der Waals surface area contributed by atoms with Gasteiger partial charge >= 0.3 is 5.69 Å². The Balaban J connectivity index is 2.14. The van der Waals surface area contributed by atoms with E-state index in [9.17, 15) is 4.79 Å². The molecule has 0 aliphatic rings. The molecule has 0 bridgehead atoms. The largest absolute Gasteiger partial charge is 0.497 e. The maximum atomic E-state index is 11.5. The lowest BCUT2D eigenvalue weighted by Crippen LogP contribution is -2.27. The second-order valence-electron chi connectivity index (χ2n) is 3.93. The van der Waals surface area contributed by atoms with E-state index in [0.717, 1.165) is 11.3 Å². The van der Waals surface area contributed by atoms with Crippen LogP contribution in [0.15, 0.2) is 47.5 Å². The van der Waals surface area contributed by atoms with Gasteiger partial charge in [-0.3, -0.25) is 4.57 Å². The number of aromatic nitrogens is 2. The summed E-state index contributed by atoms with van der Waals surface area (Å²) in [6.07, 6.45) is 3.15. The fourth-order valence-corrected chi connectivity index (χ4v) is 1.69. The molecule has 0 fully saturated rings. The minimum absolute atomic E-state index is 0.252. The first kappa shape index (κ1) is 12.3. The van der Waals surface area contributed by atoms with Crippen molar-refractivity contribution in [1.82, 2.24) is 9.55 Å². The molecule has 5 nitrogen and oxygen atoms in total. The molecule has 1 aromatic heterocycles. The number of nitrogens with two attached hydrogens (primary N) is 1. The summed E-state index contributed by atoms with van der Waals surface area (Å²) in [5.74, 6) is 0.782. The molecule has 0 aliphatic heterocycles. The van der Waals surface area contributed by atoms with Gasteiger partial charge in [0.25, 0.3) is 0 Å². The Kier molecular flexibility index (Phi) is 3.74. The molecular weight excluding hydrogens is 230 g/mol. The SMILES string of the molecule is COc1ccc(C(N)Cn2cccnc2=O)cc1. The van der Waals surface area contributed by atoms with Crippen molar-refractivity contribution in [3.8, 4) is 5.75 Å². The monoisotopic (exact) mass is 245 g/mol. The van der Waals surface area contributed by atoms with Crippen LogP contribution in [0.3, 0.4) is 0 Å². The Bertz CT molecular complexity index is 563. The topological polar surface area (TPSA) is 70.1 Å². The summed E-state index contributed by atoms with van der Waals surface area (Å²) < 4.78 is 6.58. The highest BCUT2D eigenvalue weighted by Crippen LogP contribution is 2.16. The minimum atomic E-state index is -0.290. The van der Waals surface area contributed by atoms with Crippen LogP contribution < -0.4 is 16.2 Å². The van der Waals surface area contributed by atoms with Crippen LogP contribution in [-0.4, -0.2) is 16.7 Å². The maximum Gasteiger partial charge on any atom is 0.347 e. The van der Waals surface area contributed by atoms with Gasteiger partial charge in [-0.25, -0.2) is 9.78 Å². The van der Waals surface area contributed by atoms with Crippen molar-refractivity contribution in [1.29, 1.82) is 0 Å². The molecule has 2 N–H and O–H groups in total. The number of nitrogens with zero attached hydrogens (tertiary/aromatic N) is 2. The first-order valence-corrected chi connectivity index (χ1v) is 5.61. The lowest BCUT2D eigenvalue weighted by atomic mass is 10.1. The van der Waals surface area contributed by atoms with Crippen LogP contribution in [0.2, 0.25) is 0 Å². The van der Waals surface area contributed by atoms with Gasteiger partial charge in [-0.15, -0.1) is 0 Å². The van der Waals surface area contributed by atoms with Crippen molar-refractivity contribution in [3.05, 3.63) is 58.8 Å². The zero-order valence-electron chi connectivity index (χ0n) is 10.1. The van der Waals surface area contributed by atoms with Crippen molar-refractivity contribution >= 4 is 0 Å². The third kappa shape index (κ3) is 2.75. The number of rotatable bonds is 4. The summed E-state index contributed by atoms with van der Waals surface area (Å²) in [5.41, 5.74) is 6.72. The highest BCUT2D eigenvalue weighted by atomic mass is 16.5. The van der Waals surface area contributed by atoms with Gasteiger partial charge < -0.3 is 10.5 Å². The van der Waals surface area contributed by atoms with Crippen LogP contribution in [0.5, 0.6) is 5.75 Å². The highest BCUT2D eigenvalue weighted by Gasteiger charge is 2.07. The van der Waals surface area contributed by atoms with Crippen molar-refractivity contribution in [3.63, 3.8) is 0 Å². The highest BCUT2D eigenvalue weighted by molar-refractivity contribution is 5.28. The van der Waals surface area contributed by atoms with Crippen LogP contribution in [0, 0.1) is 0 Å². The Morgan fingerprint density at radius 1 is 1.39 bits per heavy atom. The fourth-order valence-electron chi connectivity index (χ4n) is 1.69. The summed E-state index contributed by atoms with van der Waals surface area (Å²) in [7, 11) is 1.62. The second kappa shape index (κ2) is 5.46. The van der Waals surface area contributed by atoms with E-state index in [0.29, 0.717) is 6.54 Å². The molecule has 1 heterocycles. The van der Waals surface area contributed by atoms with Gasteiger partial charge in [0.1, 0.15) is 5.75 Å². The van der Waals surface area contributed by atoms with E-state index in [1.807, 2.05) is 24.3 Å². The van der Waals surface area contributed by atoms with Gasteiger partial charge in [0.2, 0.25) is 0 Å². The van der Waals surface area contributed by atoms with E-state index in [2.05, 4.69) is 4.98 Å². The molecule has 0 saturated carbocycles. The Morgan fingerprint density at radius 2 is 2.11 bits per heavy atom. The quantitative estimate of drug-likeness (QED) is 0.870. The average Bonchev–Trinajstić information content (AvgIpc) is 2.41. The van der Waals surface area contributed by atoms with Crippen LogP contribution >= 0.6 is 0 Å². The van der Waals surface area contributed by atoms with Crippen LogP contribution in [0.25, 0.3) is 0 Å². The van der Waals surface area contributed by atoms with Gasteiger partial charge in [0.05, 0.1) is 7.11 Å². The predicted octanol–water partition coefficient (Wildman–Crippen LogP) is 0.952. The van der Waals surface area contributed by atoms with E-state index in [1.54, 1.807) is 19.4 Å². The number of benzene rings is 1. The molecule has 2 aromatic rings. The van der Waals surface area contributed by atoms with Gasteiger partial charge in [0, 0.05) is 25.0 Å². The molecule has 0 saturated heterocycles. The summed E-state index contributed by atoms with van der Waals surface area (Å²) >= 11 is 0. The van der Waals surface area contributed by atoms with E-state index in [-0.39, 0.29) is 11.7 Å². The van der Waals surface area contributed by atoms with Crippen molar-refractivity contribution in [2.24, 2.45) is 5.73 Å². The first-order valence-electron chi connectivity index (χ1n) is 5.61. The molecule has 94 valence electrons. The Morgan fingerprint density at radius 3 is 2.72 bits per heavy atom. The second-order valence-corrected chi connectivity index (χ2v) is 3.93. The first-order chi connectivity index (χ1) is 8.70. The van der Waals surface area contributed by atoms with Crippen LogP contribution in [0.1, 0.15) is 11.6 Å². The Hall–Kier alpha value is -2.14. The van der Waals surface area contributed by atoms with E-state index < -0.39 is 0 Å². The molecule has 0 radical (unpaired) electrons. The summed E-state index contributed by atoms with van der Waals surface area (Å²) in [6, 6.07) is 8.94. The van der Waals surface area contributed by atoms with Crippen molar-refractivity contribution in [2.45, 2.75) is 12.6 Å². The third-order valence-electron chi connectivity index (χ3n) is 2.72. The normalized spacial score (nSPS) is 12.1. The molecule has 1 atom stereocenters. The summed E-state index contributed by atoms with van der Waals surface area (Å²) in [5, 5.41) is 0. The standard InChI is InChI=1S/C13H15N3O2/c1-18-11-5-3-10(4-6-11)12(14)9-16-8-2-7-15-13(16)17/h2-8,12H,9,14H2,1H3. The minimum Gasteiger partial charge on any atom is -0.497 e. The predicted molar refractivity (Wildman–Crippen MR) is 68.4 cm³/mol. The molecule has 0 aliphatic carbocycles. The number of methoxy groups -OCH3 is 1. The molecule has 5 heteroatoms. The molecule has 1 aromatic carbocycles. The summed E-state index contributed by atoms with van der Waals surface area (Å²) in [4.78, 5) is 15.1. The smallest absolute Gasteiger partial charge is 0.347 e. The van der Waals surface area contributed by atoms with Crippen LogP contribution in [-0.2, 0) is 6.54 Å². The van der Waals surface area contributed by atoms with E-state index in [1.165, 1.54) is 10.8 Å². The lowest BCUT2D eigenvalue weighted by Gasteiger charge is -2.13. The number of hydrogen-bond acceptors (Lipinski definition) is 4. The van der Waals surface area contributed by atoms with E-state index >= 15 is 0 Å². The van der Waals surface area contributed by atoms with Gasteiger partial charge in [-0.1, -0.05) is 12.1 Å². The third-order valence-corrected chi connectivity index (χ3v) is 2.72. The average molecular weight is 245 g/mol. The molecule has 0 amide bonds. The molecule has 2 rings (SSSR count). The Labute approximate surface area is 105 Å². The van der Waals surface area contributed by atoms with E-state index in [4.69, 9.17) is 10.5 Å². The number of hydrogen-bond donors (Lipinski definition) is 1. The van der Waals surface area contributed by atoms with Gasteiger partial charge in [-0.05, 0) is 23.8 Å². The maximum absolute atomic E-state index is 11.5. The molecule has 0 spiro atoms. The summed E-state index contributed by atoms with van der Waals surface area (Å²) in [6.45, 7) is 0.402. The van der Waals surface area contributed by atoms with Crippen molar-refractivity contribution in [2.75, 3.05) is 7.11 Å². The number of ether oxygens (including phenoxy) is 1. The van der Waals surface area contributed by atoms with Gasteiger partial charge in [0.15, 0.2) is 0 Å². The molecule has 18 heavy (non-hydrogen) atoms. The molecular formula is C13H15N3O2. The van der Waals surface area contributed by atoms with Gasteiger partial charge in [-0.2, -0.15) is 0 Å². The van der Waals surface area contributed by atoms with Crippen LogP contribution in [0.4, 0.5) is 0 Å². The lowest BCUT2D eigenvalue weighted by molar-refractivity contribution is 0.414. The zero-order chi connectivity index (χ0) is 13.0.